The number of nitrogens with one attached hydrogen (secondary N) is 3. The van der Waals surface area contributed by atoms with E-state index in [-0.39, 0.29) is 11.8 Å². The molecule has 2 atom stereocenters. The maximum absolute atomic E-state index is 12.8. The van der Waals surface area contributed by atoms with Gasteiger partial charge in [-0.25, -0.2) is 9.18 Å². The van der Waals surface area contributed by atoms with Crippen molar-refractivity contribution in [1.82, 2.24) is 10.6 Å². The van der Waals surface area contributed by atoms with Crippen LogP contribution in [0.4, 0.5) is 14.9 Å². The van der Waals surface area contributed by atoms with E-state index in [1.165, 1.54) is 17.7 Å². The van der Waals surface area contributed by atoms with Crippen LogP contribution in [-0.2, 0) is 6.42 Å². The zero-order valence-corrected chi connectivity index (χ0v) is 14.2. The molecule has 0 unspecified atom stereocenters. The summed E-state index contributed by atoms with van der Waals surface area (Å²) in [6.07, 6.45) is 3.31. The van der Waals surface area contributed by atoms with Crippen molar-refractivity contribution in [1.29, 1.82) is 0 Å². The molecule has 3 rings (SSSR count). The van der Waals surface area contributed by atoms with Crippen molar-refractivity contribution in [2.45, 2.75) is 25.3 Å². The van der Waals surface area contributed by atoms with Gasteiger partial charge in [0, 0.05) is 18.3 Å². The van der Waals surface area contributed by atoms with Gasteiger partial charge in [0.2, 0.25) is 0 Å². The molecule has 132 valence electrons. The van der Waals surface area contributed by atoms with E-state index in [4.69, 9.17) is 0 Å². The molecular weight excluding hydrogens is 317 g/mol. The standard InChI is InChI=1S/C20H24FN3O/c21-17-7-10-18(11-8-17)24-20(25)23-14-19-9-6-16(13-22-19)12-15-4-2-1-3-5-15/h1-5,7-8,10-11,16,19,22H,6,9,12-14H2,(H2,23,24,25)/t16-,19-/m1/s1. The maximum atomic E-state index is 12.8. The first-order valence-electron chi connectivity index (χ1n) is 8.77. The largest absolute Gasteiger partial charge is 0.336 e. The Bertz CT molecular complexity index is 667. The number of halogens is 1. The summed E-state index contributed by atoms with van der Waals surface area (Å²) < 4.78 is 12.8. The summed E-state index contributed by atoms with van der Waals surface area (Å²) in [4.78, 5) is 11.9. The van der Waals surface area contributed by atoms with E-state index in [1.807, 2.05) is 6.07 Å². The van der Waals surface area contributed by atoms with Crippen LogP contribution >= 0.6 is 0 Å². The van der Waals surface area contributed by atoms with Crippen molar-refractivity contribution in [2.24, 2.45) is 5.92 Å². The van der Waals surface area contributed by atoms with E-state index in [9.17, 15) is 9.18 Å². The maximum Gasteiger partial charge on any atom is 0.319 e. The number of amides is 2. The van der Waals surface area contributed by atoms with Crippen LogP contribution < -0.4 is 16.0 Å². The van der Waals surface area contributed by atoms with Crippen LogP contribution in [-0.4, -0.2) is 25.2 Å². The van der Waals surface area contributed by atoms with Gasteiger partial charge in [-0.1, -0.05) is 30.3 Å². The lowest BCUT2D eigenvalue weighted by Gasteiger charge is -2.30. The molecule has 4 nitrogen and oxygen atoms in total. The third-order valence-electron chi connectivity index (χ3n) is 4.60. The highest BCUT2D eigenvalue weighted by Gasteiger charge is 2.21. The molecule has 1 aliphatic heterocycles. The number of urea groups is 1. The summed E-state index contributed by atoms with van der Waals surface area (Å²) in [6, 6.07) is 16.3. The number of hydrogen-bond acceptors (Lipinski definition) is 2. The minimum absolute atomic E-state index is 0.264. The van der Waals surface area contributed by atoms with E-state index in [2.05, 4.69) is 40.2 Å². The second kappa shape index (κ2) is 8.62. The quantitative estimate of drug-likeness (QED) is 0.779. The molecule has 1 fully saturated rings. The number of carbonyl (C=O) groups is 1. The molecule has 5 heteroatoms. The molecule has 3 N–H and O–H groups in total. The highest BCUT2D eigenvalue weighted by atomic mass is 19.1. The Morgan fingerprint density at radius 1 is 1.08 bits per heavy atom. The van der Waals surface area contributed by atoms with Gasteiger partial charge in [-0.05, 0) is 61.6 Å². The second-order valence-electron chi connectivity index (χ2n) is 6.58. The lowest BCUT2D eigenvalue weighted by atomic mass is 9.89. The molecule has 2 aromatic rings. The monoisotopic (exact) mass is 341 g/mol. The van der Waals surface area contributed by atoms with Crippen LogP contribution in [0.5, 0.6) is 0 Å². The van der Waals surface area contributed by atoms with Crippen molar-refractivity contribution in [3.8, 4) is 0 Å². The van der Waals surface area contributed by atoms with Gasteiger partial charge in [0.25, 0.3) is 0 Å². The fourth-order valence-electron chi connectivity index (χ4n) is 3.19. The summed E-state index contributed by atoms with van der Waals surface area (Å²) in [6.45, 7) is 1.56. The van der Waals surface area contributed by atoms with Crippen LogP contribution in [0, 0.1) is 11.7 Å². The average molecular weight is 341 g/mol. The third kappa shape index (κ3) is 5.57. The van der Waals surface area contributed by atoms with Gasteiger partial charge >= 0.3 is 6.03 Å². The Morgan fingerprint density at radius 3 is 2.52 bits per heavy atom. The lowest BCUT2D eigenvalue weighted by molar-refractivity contribution is 0.247. The molecule has 0 radical (unpaired) electrons. The molecule has 25 heavy (non-hydrogen) atoms. The van der Waals surface area contributed by atoms with E-state index >= 15 is 0 Å². The van der Waals surface area contributed by atoms with E-state index in [0.29, 0.717) is 24.2 Å². The van der Waals surface area contributed by atoms with E-state index in [1.54, 1.807) is 12.1 Å². The Morgan fingerprint density at radius 2 is 1.84 bits per heavy atom. The summed E-state index contributed by atoms with van der Waals surface area (Å²) >= 11 is 0. The van der Waals surface area contributed by atoms with Gasteiger partial charge in [0.05, 0.1) is 0 Å². The van der Waals surface area contributed by atoms with Crippen LogP contribution in [0.2, 0.25) is 0 Å². The predicted molar refractivity (Wildman–Crippen MR) is 98.1 cm³/mol. The first-order chi connectivity index (χ1) is 12.2. The van der Waals surface area contributed by atoms with Gasteiger partial charge in [0.1, 0.15) is 5.82 Å². The van der Waals surface area contributed by atoms with Gasteiger partial charge in [-0.15, -0.1) is 0 Å². The zero-order valence-electron chi connectivity index (χ0n) is 14.2. The van der Waals surface area contributed by atoms with Crippen LogP contribution in [0.25, 0.3) is 0 Å². The molecule has 0 bridgehead atoms. The van der Waals surface area contributed by atoms with Gasteiger partial charge in [0.15, 0.2) is 0 Å². The van der Waals surface area contributed by atoms with Gasteiger partial charge < -0.3 is 16.0 Å². The average Bonchev–Trinajstić information content (AvgIpc) is 2.64. The Kier molecular flexibility index (Phi) is 6.01. The van der Waals surface area contributed by atoms with E-state index in [0.717, 1.165) is 25.8 Å². The van der Waals surface area contributed by atoms with Crippen LogP contribution in [0.15, 0.2) is 54.6 Å². The third-order valence-corrected chi connectivity index (χ3v) is 4.60. The number of anilines is 1. The SMILES string of the molecule is O=C(NC[C@H]1CC[C@H](Cc2ccccc2)CN1)Nc1ccc(F)cc1. The number of piperidine rings is 1. The Hall–Kier alpha value is -2.40. The number of benzene rings is 2. The molecule has 1 saturated heterocycles. The fourth-order valence-corrected chi connectivity index (χ4v) is 3.19. The molecule has 1 heterocycles. The highest BCUT2D eigenvalue weighted by Crippen LogP contribution is 2.19. The topological polar surface area (TPSA) is 53.2 Å². The zero-order chi connectivity index (χ0) is 17.5. The normalized spacial score (nSPS) is 20.0. The van der Waals surface area contributed by atoms with Crippen molar-refractivity contribution in [2.75, 3.05) is 18.4 Å². The van der Waals surface area contributed by atoms with Crippen molar-refractivity contribution in [3.63, 3.8) is 0 Å². The molecule has 1 aliphatic rings. The molecule has 0 aromatic heterocycles. The molecule has 0 aliphatic carbocycles. The first-order valence-corrected chi connectivity index (χ1v) is 8.77. The summed E-state index contributed by atoms with van der Waals surface area (Å²) in [5.41, 5.74) is 1.96. The molecular formula is C20H24FN3O. The number of carbonyl (C=O) groups excluding carboxylic acids is 1. The Labute approximate surface area is 147 Å². The smallest absolute Gasteiger partial charge is 0.319 e. The number of hydrogen-bond donors (Lipinski definition) is 3. The summed E-state index contributed by atoms with van der Waals surface area (Å²) in [5.74, 6) is 0.328. The molecule has 2 aromatic carbocycles. The molecule has 0 spiro atoms. The fraction of sp³-hybridized carbons (Fsp3) is 0.350. The Balaban J connectivity index is 1.36. The van der Waals surface area contributed by atoms with Crippen molar-refractivity contribution < 1.29 is 9.18 Å². The van der Waals surface area contributed by atoms with Gasteiger partial charge in [-0.2, -0.15) is 0 Å². The lowest BCUT2D eigenvalue weighted by Crippen LogP contribution is -2.47. The number of rotatable bonds is 5. The van der Waals surface area contributed by atoms with Crippen molar-refractivity contribution >= 4 is 11.7 Å². The highest BCUT2D eigenvalue weighted by molar-refractivity contribution is 5.89. The van der Waals surface area contributed by atoms with Crippen molar-refractivity contribution in [3.05, 3.63) is 66.0 Å². The summed E-state index contributed by atoms with van der Waals surface area (Å²) in [5, 5.41) is 9.10. The minimum Gasteiger partial charge on any atom is -0.336 e. The molecule has 2 amide bonds. The first kappa shape index (κ1) is 17.4. The second-order valence-corrected chi connectivity index (χ2v) is 6.58. The van der Waals surface area contributed by atoms with Crippen LogP contribution in [0.3, 0.4) is 0 Å². The molecule has 0 saturated carbocycles. The van der Waals surface area contributed by atoms with Gasteiger partial charge in [-0.3, -0.25) is 0 Å². The minimum atomic E-state index is -0.317. The van der Waals surface area contributed by atoms with E-state index < -0.39 is 0 Å². The summed E-state index contributed by atoms with van der Waals surface area (Å²) in [7, 11) is 0. The van der Waals surface area contributed by atoms with Crippen LogP contribution in [0.1, 0.15) is 18.4 Å². The predicted octanol–water partition coefficient (Wildman–Crippen LogP) is 3.56.